The van der Waals surface area contributed by atoms with Crippen molar-refractivity contribution in [2.45, 2.75) is 88.1 Å². The van der Waals surface area contributed by atoms with E-state index in [4.69, 9.17) is 16.8 Å². The highest BCUT2D eigenvalue weighted by molar-refractivity contribution is 14.2. The van der Waals surface area contributed by atoms with Crippen molar-refractivity contribution < 1.29 is 19.1 Å². The molecule has 3 heterocycles. The molecule has 1 atom stereocenters. The summed E-state index contributed by atoms with van der Waals surface area (Å²) in [6.07, 6.45) is 13.1. The van der Waals surface area contributed by atoms with Crippen LogP contribution in [0.2, 0.25) is 0 Å². The smallest absolute Gasteiger partial charge is 0.131 e. The summed E-state index contributed by atoms with van der Waals surface area (Å²) in [5.41, 5.74) is 4.30. The van der Waals surface area contributed by atoms with Gasteiger partial charge in [0.25, 0.3) is 0 Å². The Hall–Kier alpha value is -3.07. The number of aromatic nitrogens is 1. The summed E-state index contributed by atoms with van der Waals surface area (Å²) < 4.78 is 22.9. The maximum atomic E-state index is 11.2. The van der Waals surface area contributed by atoms with Crippen molar-refractivity contribution in [3.05, 3.63) is 134 Å². The average Bonchev–Trinajstić information content (AvgIpc) is 3.64. The number of hydrogen-bond acceptors (Lipinski definition) is 5. The van der Waals surface area contributed by atoms with Crippen LogP contribution in [0.1, 0.15) is 72.1 Å². The molecule has 2 aliphatic heterocycles. The van der Waals surface area contributed by atoms with Crippen molar-refractivity contribution in [2.24, 2.45) is 0 Å². The molecular weight excluding hydrogens is 939 g/mol. The molecular formula is C47H46BI2NO4S. The van der Waals surface area contributed by atoms with E-state index in [1.54, 1.807) is 27.7 Å². The third kappa shape index (κ3) is 6.58. The Morgan fingerprint density at radius 1 is 0.750 bits per heavy atom. The fourth-order valence-electron chi connectivity index (χ4n) is 7.29. The Balaban J connectivity index is 1.44. The predicted octanol–water partition coefficient (Wildman–Crippen LogP) is 10.7. The Morgan fingerprint density at radius 3 is 2.16 bits per heavy atom. The number of halogens is 2. The van der Waals surface area contributed by atoms with Crippen molar-refractivity contribution in [1.82, 2.24) is 4.57 Å². The third-order valence-corrected chi connectivity index (χ3v) is 17.6. The lowest BCUT2D eigenvalue weighted by molar-refractivity contribution is -0.0899. The van der Waals surface area contributed by atoms with Crippen LogP contribution >= 0.6 is 53.5 Å². The summed E-state index contributed by atoms with van der Waals surface area (Å²) in [5, 5.41) is 24.2. The lowest BCUT2D eigenvalue weighted by Gasteiger charge is -2.37. The summed E-state index contributed by atoms with van der Waals surface area (Å²) in [5.74, 6) is 0.737. The van der Waals surface area contributed by atoms with E-state index >= 15 is 0 Å². The first-order valence-electron chi connectivity index (χ1n) is 18.7. The van der Waals surface area contributed by atoms with E-state index in [1.807, 2.05) is 39.8 Å². The predicted molar refractivity (Wildman–Crippen MR) is 255 cm³/mol. The minimum Gasteiger partial charge on any atom is -0.484 e. The third-order valence-electron chi connectivity index (χ3n) is 11.7. The molecule has 9 heteroatoms. The van der Waals surface area contributed by atoms with E-state index in [2.05, 4.69) is 110 Å². The molecule has 1 aliphatic carbocycles. The number of ether oxygens (including phenoxy) is 1. The Bertz CT molecular complexity index is 2610. The van der Waals surface area contributed by atoms with Gasteiger partial charge in [0.15, 0.2) is 0 Å². The van der Waals surface area contributed by atoms with Gasteiger partial charge in [-0.1, -0.05) is 114 Å². The molecule has 0 saturated carbocycles. The molecule has 56 heavy (non-hydrogen) atoms. The van der Waals surface area contributed by atoms with Crippen molar-refractivity contribution >= 4 is 96.3 Å². The van der Waals surface area contributed by atoms with Gasteiger partial charge in [0.05, 0.1) is 36.7 Å². The SMILES string of the molecule is [B]c1ccc2c(c1)C(C1=CC=CC=I1)(c1ccc3c(c1)c1c(OC(C)(C)C(C)(C)O)cccc1n3C1=IC=CC=C1)c1cc(SOC(C)(C)C(C)(C)O)ccc1-2. The first-order valence-corrected chi connectivity index (χ1v) is 24.1. The molecule has 0 bridgehead atoms. The van der Waals surface area contributed by atoms with Gasteiger partial charge in [-0.3, -0.25) is 0 Å². The number of fused-ring (bicyclic) bond motifs is 6. The van der Waals surface area contributed by atoms with Crippen molar-refractivity contribution in [2.75, 3.05) is 0 Å². The normalized spacial score (nSPS) is 18.3. The van der Waals surface area contributed by atoms with Crippen LogP contribution in [0.15, 0.2) is 122 Å². The topological polar surface area (TPSA) is 63.9 Å². The molecule has 5 aromatic rings. The van der Waals surface area contributed by atoms with Crippen LogP contribution in [0.3, 0.4) is 0 Å². The Kier molecular flexibility index (Phi) is 10.2. The molecule has 1 aromatic heterocycles. The maximum Gasteiger partial charge on any atom is 0.131 e. The van der Waals surface area contributed by atoms with Gasteiger partial charge in [-0.05, 0) is 134 Å². The second kappa shape index (κ2) is 14.3. The molecule has 1 unspecified atom stereocenters. The van der Waals surface area contributed by atoms with Crippen LogP contribution in [0, 0.1) is 0 Å². The van der Waals surface area contributed by atoms with Crippen LogP contribution in [-0.2, 0) is 9.60 Å². The highest BCUT2D eigenvalue weighted by Gasteiger charge is 2.48. The highest BCUT2D eigenvalue weighted by atomic mass is 127. The minimum absolute atomic E-state index is 0.375. The molecule has 286 valence electrons. The van der Waals surface area contributed by atoms with Crippen molar-refractivity contribution in [1.29, 1.82) is 0 Å². The molecule has 0 spiro atoms. The molecule has 4 aromatic carbocycles. The summed E-state index contributed by atoms with van der Waals surface area (Å²) in [6.45, 7) is 14.9. The maximum absolute atomic E-state index is 11.2. The molecule has 3 aliphatic rings. The summed E-state index contributed by atoms with van der Waals surface area (Å²) in [6, 6.07) is 26.2. The van der Waals surface area contributed by atoms with E-state index in [0.717, 1.165) is 43.5 Å². The fraction of sp³-hybridized carbons (Fsp3) is 0.277. The second-order valence-corrected chi connectivity index (χ2v) is 22.4. The fourth-order valence-corrected chi connectivity index (χ4v) is 12.7. The van der Waals surface area contributed by atoms with Gasteiger partial charge in [0, 0.05) is 25.9 Å². The van der Waals surface area contributed by atoms with E-state index < -0.39 is 48.5 Å². The van der Waals surface area contributed by atoms with E-state index in [0.29, 0.717) is 0 Å². The molecule has 2 radical (unpaired) electrons. The lowest BCUT2D eigenvalue weighted by atomic mass is 9.71. The van der Waals surface area contributed by atoms with Gasteiger partial charge in [-0.2, -0.15) is 0 Å². The molecule has 5 nitrogen and oxygen atoms in total. The van der Waals surface area contributed by atoms with E-state index in [9.17, 15) is 10.2 Å². The molecule has 0 fully saturated rings. The van der Waals surface area contributed by atoms with Crippen LogP contribution in [0.5, 0.6) is 5.75 Å². The molecule has 8 rings (SSSR count). The van der Waals surface area contributed by atoms with Gasteiger partial charge in [0.1, 0.15) is 24.8 Å². The zero-order valence-corrected chi connectivity index (χ0v) is 38.1. The van der Waals surface area contributed by atoms with E-state index in [1.165, 1.54) is 41.5 Å². The van der Waals surface area contributed by atoms with Crippen LogP contribution in [0.4, 0.5) is 0 Å². The van der Waals surface area contributed by atoms with Gasteiger partial charge < -0.3 is 23.7 Å². The summed E-state index contributed by atoms with van der Waals surface area (Å²) >= 11 is 0.418. The Labute approximate surface area is 355 Å². The number of aliphatic hydroxyl groups is 2. The number of allylic oxidation sites excluding steroid dienone is 7. The van der Waals surface area contributed by atoms with Crippen molar-refractivity contribution in [3.63, 3.8) is 0 Å². The monoisotopic (exact) mass is 985 g/mol. The second-order valence-electron chi connectivity index (χ2n) is 16.6. The Morgan fingerprint density at radius 2 is 1.48 bits per heavy atom. The minimum atomic E-state index is -1.10. The van der Waals surface area contributed by atoms with Crippen LogP contribution in [-0.4, -0.2) is 52.7 Å². The molecule has 0 amide bonds. The van der Waals surface area contributed by atoms with Gasteiger partial charge in [-0.15, -0.1) is 0 Å². The van der Waals surface area contributed by atoms with E-state index in [-0.39, 0.29) is 20.7 Å². The van der Waals surface area contributed by atoms with Crippen LogP contribution < -0.4 is 10.2 Å². The van der Waals surface area contributed by atoms with Crippen molar-refractivity contribution in [3.8, 4) is 16.9 Å². The number of benzene rings is 4. The van der Waals surface area contributed by atoms with Gasteiger partial charge in [0.2, 0.25) is 0 Å². The highest BCUT2D eigenvalue weighted by Crippen LogP contribution is 2.60. The van der Waals surface area contributed by atoms with Crippen LogP contribution in [0.25, 0.3) is 32.9 Å². The zero-order valence-electron chi connectivity index (χ0n) is 32.9. The first-order chi connectivity index (χ1) is 26.4. The summed E-state index contributed by atoms with van der Waals surface area (Å²) in [4.78, 5) is 0.958. The number of rotatable bonds is 10. The lowest BCUT2D eigenvalue weighted by Crippen LogP contribution is -2.49. The molecule has 2 N–H and O–H groups in total. The average molecular weight is 986 g/mol. The van der Waals surface area contributed by atoms with Gasteiger partial charge >= 0.3 is 0 Å². The zero-order chi connectivity index (χ0) is 39.8. The summed E-state index contributed by atoms with van der Waals surface area (Å²) in [7, 11) is 6.69. The first kappa shape index (κ1) is 39.7. The largest absolute Gasteiger partial charge is 0.484 e. The van der Waals surface area contributed by atoms with Gasteiger partial charge in [-0.25, -0.2) is 0 Å². The number of nitrogens with zero attached hydrogens (tertiary/aromatic N) is 1. The molecule has 0 saturated heterocycles. The standard InChI is InChI=1S/C47H46BI2NO4S/c1-43(2,52)45(5,6)54-39-15-13-14-38-42(39)34-26-29(18-23-37(34)51(38)41-17-10-12-25-50-41)47(40-16-9-11-24-49-40)35-27-30(48)19-21-32(35)33-22-20-31(28-36(33)47)56-55-46(7,8)44(3,4)53/h9-28,52-53H,1-8H3. The number of hydrogen-bond donors (Lipinski definition) is 2. The quantitative estimate of drug-likeness (QED) is 0.0829.